The molecule has 1 heterocycles. The minimum absolute atomic E-state index is 0.0936. The summed E-state index contributed by atoms with van der Waals surface area (Å²) in [5.74, 6) is 0.716. The molecule has 1 aliphatic heterocycles. The molecule has 0 saturated carbocycles. The van der Waals surface area contributed by atoms with Crippen molar-refractivity contribution < 1.29 is 14.3 Å². The van der Waals surface area contributed by atoms with Crippen molar-refractivity contribution >= 4 is 5.91 Å². The molecule has 0 aromatic heterocycles. The maximum atomic E-state index is 11.6. The third-order valence-corrected chi connectivity index (χ3v) is 3.20. The predicted molar refractivity (Wildman–Crippen MR) is 72.1 cm³/mol. The van der Waals surface area contributed by atoms with Crippen molar-refractivity contribution in [2.24, 2.45) is 0 Å². The van der Waals surface area contributed by atoms with Crippen LogP contribution < -0.4 is 15.4 Å². The van der Waals surface area contributed by atoms with Crippen LogP contribution in [0, 0.1) is 0 Å². The fraction of sp³-hybridized carbons (Fsp3) is 0.500. The van der Waals surface area contributed by atoms with Gasteiger partial charge in [-0.05, 0) is 24.6 Å². The smallest absolute Gasteiger partial charge is 0.246 e. The van der Waals surface area contributed by atoms with Gasteiger partial charge < -0.3 is 20.1 Å². The standard InChI is InChI=1S/C14H20N2O3/c1-14(9-15-10-14)19-8-13(17)16-7-11-3-5-12(18-2)6-4-11/h3-6,15H,7-10H2,1-2H3,(H,16,17). The molecule has 1 aliphatic rings. The number of hydrogen-bond donors (Lipinski definition) is 2. The monoisotopic (exact) mass is 264 g/mol. The quantitative estimate of drug-likeness (QED) is 0.793. The number of methoxy groups -OCH3 is 1. The Hall–Kier alpha value is -1.59. The lowest BCUT2D eigenvalue weighted by Crippen LogP contribution is -2.59. The summed E-state index contributed by atoms with van der Waals surface area (Å²) < 4.78 is 10.6. The number of benzene rings is 1. The predicted octanol–water partition coefficient (Wildman–Crippen LogP) is 0.690. The Morgan fingerprint density at radius 3 is 2.58 bits per heavy atom. The van der Waals surface area contributed by atoms with Gasteiger partial charge in [0.2, 0.25) is 5.91 Å². The van der Waals surface area contributed by atoms with Gasteiger partial charge >= 0.3 is 0 Å². The van der Waals surface area contributed by atoms with Crippen molar-refractivity contribution in [3.8, 4) is 5.75 Å². The molecular weight excluding hydrogens is 244 g/mol. The van der Waals surface area contributed by atoms with Gasteiger partial charge in [-0.25, -0.2) is 0 Å². The van der Waals surface area contributed by atoms with Crippen molar-refractivity contribution in [3.63, 3.8) is 0 Å². The second-order valence-electron chi connectivity index (χ2n) is 4.97. The maximum absolute atomic E-state index is 11.6. The van der Waals surface area contributed by atoms with Crippen molar-refractivity contribution in [2.75, 3.05) is 26.8 Å². The zero-order chi connectivity index (χ0) is 13.7. The highest BCUT2D eigenvalue weighted by Gasteiger charge is 2.32. The third-order valence-electron chi connectivity index (χ3n) is 3.20. The largest absolute Gasteiger partial charge is 0.497 e. The first-order valence-corrected chi connectivity index (χ1v) is 6.36. The average Bonchev–Trinajstić information content (AvgIpc) is 2.41. The molecule has 0 atom stereocenters. The fourth-order valence-electron chi connectivity index (χ4n) is 1.81. The third kappa shape index (κ3) is 3.94. The van der Waals surface area contributed by atoms with Gasteiger partial charge in [-0.2, -0.15) is 0 Å². The second-order valence-corrected chi connectivity index (χ2v) is 4.97. The molecule has 5 nitrogen and oxygen atoms in total. The summed E-state index contributed by atoms with van der Waals surface area (Å²) >= 11 is 0. The van der Waals surface area contributed by atoms with E-state index in [0.717, 1.165) is 24.4 Å². The van der Waals surface area contributed by atoms with E-state index in [2.05, 4.69) is 10.6 Å². The van der Waals surface area contributed by atoms with E-state index in [9.17, 15) is 4.79 Å². The molecule has 19 heavy (non-hydrogen) atoms. The molecule has 2 rings (SSSR count). The molecule has 1 amide bonds. The lowest BCUT2D eigenvalue weighted by atomic mass is 10.0. The molecule has 0 unspecified atom stereocenters. The Morgan fingerprint density at radius 1 is 1.37 bits per heavy atom. The van der Waals surface area contributed by atoms with Gasteiger partial charge in [-0.15, -0.1) is 0 Å². The number of ether oxygens (including phenoxy) is 2. The molecule has 0 spiro atoms. The highest BCUT2D eigenvalue weighted by Crippen LogP contribution is 2.14. The van der Waals surface area contributed by atoms with E-state index in [-0.39, 0.29) is 18.1 Å². The molecular formula is C14H20N2O3. The van der Waals surface area contributed by atoms with Crippen LogP contribution in [-0.2, 0) is 16.1 Å². The van der Waals surface area contributed by atoms with Gasteiger partial charge in [0.25, 0.3) is 0 Å². The van der Waals surface area contributed by atoms with Crippen LogP contribution in [0.5, 0.6) is 5.75 Å². The number of amides is 1. The fourth-order valence-corrected chi connectivity index (χ4v) is 1.81. The zero-order valence-corrected chi connectivity index (χ0v) is 11.4. The van der Waals surface area contributed by atoms with Gasteiger partial charge in [-0.3, -0.25) is 4.79 Å². The Morgan fingerprint density at radius 2 is 2.05 bits per heavy atom. The summed E-state index contributed by atoms with van der Waals surface area (Å²) in [5.41, 5.74) is 0.850. The van der Waals surface area contributed by atoms with Gasteiger partial charge in [0.15, 0.2) is 0 Å². The zero-order valence-electron chi connectivity index (χ0n) is 11.4. The summed E-state index contributed by atoms with van der Waals surface area (Å²) in [6.07, 6.45) is 0. The van der Waals surface area contributed by atoms with Crippen molar-refractivity contribution in [1.82, 2.24) is 10.6 Å². The molecule has 1 aromatic rings. The van der Waals surface area contributed by atoms with Crippen LogP contribution in [0.25, 0.3) is 0 Å². The summed E-state index contributed by atoms with van der Waals surface area (Å²) in [6, 6.07) is 7.60. The van der Waals surface area contributed by atoms with Gasteiger partial charge in [-0.1, -0.05) is 12.1 Å². The Kier molecular flexibility index (Phi) is 4.39. The first-order chi connectivity index (χ1) is 9.11. The van der Waals surface area contributed by atoms with E-state index in [0.29, 0.717) is 6.54 Å². The van der Waals surface area contributed by atoms with Gasteiger partial charge in [0, 0.05) is 19.6 Å². The van der Waals surface area contributed by atoms with Gasteiger partial charge in [0.05, 0.1) is 12.7 Å². The Bertz CT molecular complexity index is 427. The topological polar surface area (TPSA) is 59.6 Å². The van der Waals surface area contributed by atoms with E-state index < -0.39 is 0 Å². The Labute approximate surface area is 113 Å². The summed E-state index contributed by atoms with van der Waals surface area (Å²) in [4.78, 5) is 11.6. The van der Waals surface area contributed by atoms with Crippen LogP contribution in [0.2, 0.25) is 0 Å². The highest BCUT2D eigenvalue weighted by atomic mass is 16.5. The summed E-state index contributed by atoms with van der Waals surface area (Å²) in [7, 11) is 1.63. The van der Waals surface area contributed by atoms with Crippen LogP contribution in [0.4, 0.5) is 0 Å². The van der Waals surface area contributed by atoms with E-state index in [1.807, 2.05) is 31.2 Å². The number of hydrogen-bond acceptors (Lipinski definition) is 4. The first-order valence-electron chi connectivity index (χ1n) is 6.36. The highest BCUT2D eigenvalue weighted by molar-refractivity contribution is 5.77. The van der Waals surface area contributed by atoms with Crippen LogP contribution >= 0.6 is 0 Å². The van der Waals surface area contributed by atoms with E-state index in [1.54, 1.807) is 7.11 Å². The lowest BCUT2D eigenvalue weighted by Gasteiger charge is -2.38. The number of nitrogens with one attached hydrogen (secondary N) is 2. The minimum Gasteiger partial charge on any atom is -0.497 e. The van der Waals surface area contributed by atoms with Crippen molar-refractivity contribution in [3.05, 3.63) is 29.8 Å². The number of carbonyl (C=O) groups excluding carboxylic acids is 1. The second kappa shape index (κ2) is 6.04. The van der Waals surface area contributed by atoms with Crippen molar-refractivity contribution in [1.29, 1.82) is 0 Å². The molecule has 104 valence electrons. The molecule has 1 aromatic carbocycles. The number of carbonyl (C=O) groups is 1. The molecule has 1 saturated heterocycles. The average molecular weight is 264 g/mol. The van der Waals surface area contributed by atoms with E-state index >= 15 is 0 Å². The van der Waals surface area contributed by atoms with Crippen LogP contribution in [0.1, 0.15) is 12.5 Å². The summed E-state index contributed by atoms with van der Waals surface area (Å²) in [6.45, 7) is 4.22. The Balaban J connectivity index is 1.70. The summed E-state index contributed by atoms with van der Waals surface area (Å²) in [5, 5.41) is 5.96. The molecule has 2 N–H and O–H groups in total. The van der Waals surface area contributed by atoms with Crippen LogP contribution in [0.15, 0.2) is 24.3 Å². The van der Waals surface area contributed by atoms with Crippen molar-refractivity contribution in [2.45, 2.75) is 19.1 Å². The van der Waals surface area contributed by atoms with Crippen LogP contribution in [-0.4, -0.2) is 38.3 Å². The lowest BCUT2D eigenvalue weighted by molar-refractivity contribution is -0.136. The molecule has 0 radical (unpaired) electrons. The number of rotatable bonds is 6. The maximum Gasteiger partial charge on any atom is 0.246 e. The first kappa shape index (κ1) is 13.8. The molecule has 0 aliphatic carbocycles. The minimum atomic E-state index is -0.183. The van der Waals surface area contributed by atoms with E-state index in [4.69, 9.17) is 9.47 Å². The van der Waals surface area contributed by atoms with Gasteiger partial charge in [0.1, 0.15) is 12.4 Å². The molecule has 5 heteroatoms. The van der Waals surface area contributed by atoms with Crippen LogP contribution in [0.3, 0.4) is 0 Å². The molecule has 0 bridgehead atoms. The normalized spacial score (nSPS) is 16.5. The SMILES string of the molecule is COc1ccc(CNC(=O)COC2(C)CNC2)cc1. The van der Waals surface area contributed by atoms with E-state index in [1.165, 1.54) is 0 Å². The molecule has 1 fully saturated rings.